The fourth-order valence-corrected chi connectivity index (χ4v) is 4.24. The molecule has 2 heterocycles. The summed E-state index contributed by atoms with van der Waals surface area (Å²) in [6, 6.07) is 27.9. The Morgan fingerprint density at radius 2 is 1.10 bits per heavy atom. The van der Waals surface area contributed by atoms with Crippen LogP contribution in [0.3, 0.4) is 0 Å². The van der Waals surface area contributed by atoms with E-state index in [4.69, 9.17) is 0 Å². The molecule has 0 amide bonds. The van der Waals surface area contributed by atoms with E-state index in [1.807, 2.05) is 64.4 Å². The molecule has 3 aromatic carbocycles. The van der Waals surface area contributed by atoms with Crippen LogP contribution in [0.2, 0.25) is 0 Å². The molecular formula is C40H63NS. The highest BCUT2D eigenvalue weighted by Crippen LogP contribution is 2.27. The van der Waals surface area contributed by atoms with Gasteiger partial charge in [0.05, 0.1) is 0 Å². The van der Waals surface area contributed by atoms with Crippen LogP contribution in [0.4, 0.5) is 0 Å². The summed E-state index contributed by atoms with van der Waals surface area (Å²) in [5, 5.41) is 8.16. The van der Waals surface area contributed by atoms with Gasteiger partial charge in [-0.15, -0.1) is 0 Å². The van der Waals surface area contributed by atoms with Crippen LogP contribution in [-0.2, 0) is 6.54 Å². The van der Waals surface area contributed by atoms with Gasteiger partial charge in [0.1, 0.15) is 0 Å². The number of benzene rings is 3. The highest BCUT2D eigenvalue weighted by molar-refractivity contribution is 7.07. The van der Waals surface area contributed by atoms with Gasteiger partial charge in [0, 0.05) is 23.6 Å². The van der Waals surface area contributed by atoms with Crippen molar-refractivity contribution in [1.29, 1.82) is 0 Å². The van der Waals surface area contributed by atoms with Crippen molar-refractivity contribution < 1.29 is 0 Å². The summed E-state index contributed by atoms with van der Waals surface area (Å²) in [5.74, 6) is 2.05. The lowest BCUT2D eigenvalue weighted by molar-refractivity contribution is 0.737. The number of fused-ring (bicyclic) bond motifs is 2. The first-order chi connectivity index (χ1) is 20.2. The molecular weight excluding hydrogens is 527 g/mol. The lowest BCUT2D eigenvalue weighted by Gasteiger charge is -2.06. The van der Waals surface area contributed by atoms with Gasteiger partial charge in [0.15, 0.2) is 0 Å². The fourth-order valence-electron chi connectivity index (χ4n) is 3.79. The van der Waals surface area contributed by atoms with Crippen molar-refractivity contribution in [2.24, 2.45) is 5.92 Å². The maximum Gasteiger partial charge on any atom is 0.0483 e. The molecule has 1 nitrogen and oxygen atoms in total. The van der Waals surface area contributed by atoms with Gasteiger partial charge >= 0.3 is 0 Å². The van der Waals surface area contributed by atoms with Crippen LogP contribution in [0.1, 0.15) is 120 Å². The Balaban J connectivity index is 0. The second-order valence-corrected chi connectivity index (χ2v) is 11.1. The standard InChI is InChI=1S/C13H17N.C13H14.C4H4S.C4H10.3C2H6/c1-4-14-9-12(10(2)3)11-7-5-6-8-13(11)14;1-10(2)12-8-7-11-5-3-4-6-13(11)9-12;1-2-4-5-3-1;1-4(2)3;3*1-2/h5-10H,4H2,1-3H3;3-10H,1-2H3;1-4H;4H,1-3H3;3*1-2H3. The quantitative estimate of drug-likeness (QED) is 0.197. The van der Waals surface area contributed by atoms with Gasteiger partial charge in [0.25, 0.3) is 0 Å². The first-order valence-electron chi connectivity index (χ1n) is 16.3. The van der Waals surface area contributed by atoms with E-state index < -0.39 is 0 Å². The van der Waals surface area contributed by atoms with Crippen LogP contribution in [-0.4, -0.2) is 4.57 Å². The topological polar surface area (TPSA) is 4.93 Å². The molecule has 5 rings (SSSR count). The minimum Gasteiger partial charge on any atom is -0.347 e. The molecule has 0 radical (unpaired) electrons. The number of aromatic nitrogens is 1. The van der Waals surface area contributed by atoms with Crippen LogP contribution < -0.4 is 0 Å². The van der Waals surface area contributed by atoms with Crippen LogP contribution in [0.5, 0.6) is 0 Å². The Kier molecular flexibility index (Phi) is 25.4. The third kappa shape index (κ3) is 16.0. The zero-order valence-corrected chi connectivity index (χ0v) is 30.3. The average Bonchev–Trinajstić information content (AvgIpc) is 3.72. The number of aryl methyl sites for hydroxylation is 1. The summed E-state index contributed by atoms with van der Waals surface area (Å²) in [6.07, 6.45) is 2.29. The summed E-state index contributed by atoms with van der Waals surface area (Å²) in [6.45, 7) is 30.7. The van der Waals surface area contributed by atoms with Crippen molar-refractivity contribution in [2.45, 2.75) is 115 Å². The number of hydrogen-bond acceptors (Lipinski definition) is 1. The van der Waals surface area contributed by atoms with Crippen LogP contribution in [0.25, 0.3) is 21.7 Å². The van der Waals surface area contributed by atoms with Gasteiger partial charge in [-0.2, -0.15) is 11.3 Å². The Labute approximate surface area is 265 Å². The van der Waals surface area contributed by atoms with E-state index in [0.29, 0.717) is 11.8 Å². The molecule has 0 atom stereocenters. The van der Waals surface area contributed by atoms with Gasteiger partial charge < -0.3 is 4.57 Å². The largest absolute Gasteiger partial charge is 0.347 e. The zero-order chi connectivity index (χ0) is 32.5. The van der Waals surface area contributed by atoms with E-state index in [1.165, 1.54) is 32.8 Å². The minimum atomic E-state index is 0.604. The zero-order valence-electron chi connectivity index (χ0n) is 29.5. The SMILES string of the molecule is CC.CC.CC.CC(C)C.CC(C)c1ccc2ccccc2c1.CCn1cc(C(C)C)c2ccccc21.c1ccsc1. The molecule has 5 aromatic rings. The molecule has 0 fully saturated rings. The highest BCUT2D eigenvalue weighted by atomic mass is 32.1. The van der Waals surface area contributed by atoms with E-state index in [2.05, 4.69) is 133 Å². The van der Waals surface area contributed by atoms with Gasteiger partial charge in [0.2, 0.25) is 0 Å². The molecule has 0 spiro atoms. The molecule has 0 saturated heterocycles. The van der Waals surface area contributed by atoms with Crippen molar-refractivity contribution >= 4 is 33.0 Å². The first kappa shape index (κ1) is 41.3. The van der Waals surface area contributed by atoms with E-state index in [0.717, 1.165) is 12.5 Å². The molecule has 0 aliphatic carbocycles. The van der Waals surface area contributed by atoms with E-state index >= 15 is 0 Å². The minimum absolute atomic E-state index is 0.604. The lowest BCUT2D eigenvalue weighted by atomic mass is 9.99. The molecule has 2 heteroatoms. The van der Waals surface area contributed by atoms with Crippen molar-refractivity contribution in [2.75, 3.05) is 0 Å². The summed E-state index contributed by atoms with van der Waals surface area (Å²) in [7, 11) is 0. The number of para-hydroxylation sites is 1. The first-order valence-corrected chi connectivity index (χ1v) is 17.2. The summed E-state index contributed by atoms with van der Waals surface area (Å²) in [4.78, 5) is 0. The Bertz CT molecular complexity index is 1240. The molecule has 42 heavy (non-hydrogen) atoms. The van der Waals surface area contributed by atoms with Gasteiger partial charge in [-0.25, -0.2) is 0 Å². The second-order valence-electron chi connectivity index (χ2n) is 10.3. The lowest BCUT2D eigenvalue weighted by Crippen LogP contribution is -1.90. The molecule has 0 aliphatic heterocycles. The normalized spacial score (nSPS) is 9.45. The molecule has 0 saturated carbocycles. The monoisotopic (exact) mass is 589 g/mol. The number of nitrogens with zero attached hydrogens (tertiary/aromatic N) is 1. The predicted octanol–water partition coefficient (Wildman–Crippen LogP) is 14.2. The maximum absolute atomic E-state index is 2.32. The van der Waals surface area contributed by atoms with Gasteiger partial charge in [-0.3, -0.25) is 0 Å². The van der Waals surface area contributed by atoms with Gasteiger partial charge in [-0.1, -0.05) is 163 Å². The van der Waals surface area contributed by atoms with Crippen LogP contribution in [0, 0.1) is 5.92 Å². The molecule has 0 N–H and O–H groups in total. The molecule has 234 valence electrons. The summed E-state index contributed by atoms with van der Waals surface area (Å²) < 4.78 is 2.32. The Hall–Kier alpha value is -2.84. The summed E-state index contributed by atoms with van der Waals surface area (Å²) in [5.41, 5.74) is 4.24. The second kappa shape index (κ2) is 25.8. The molecule has 0 aliphatic rings. The molecule has 2 aromatic heterocycles. The fraction of sp³-hybridized carbons (Fsp3) is 0.450. The third-order valence-electron chi connectivity index (χ3n) is 5.65. The van der Waals surface area contributed by atoms with Crippen LogP contribution >= 0.6 is 11.3 Å². The van der Waals surface area contributed by atoms with E-state index in [9.17, 15) is 0 Å². The van der Waals surface area contributed by atoms with Crippen molar-refractivity contribution in [3.63, 3.8) is 0 Å². The van der Waals surface area contributed by atoms with Crippen molar-refractivity contribution in [3.05, 3.63) is 107 Å². The van der Waals surface area contributed by atoms with E-state index in [-0.39, 0.29) is 0 Å². The number of hydrogen-bond donors (Lipinski definition) is 0. The smallest absolute Gasteiger partial charge is 0.0483 e. The Morgan fingerprint density at radius 3 is 1.55 bits per heavy atom. The van der Waals surface area contributed by atoms with E-state index in [1.54, 1.807) is 11.3 Å². The molecule has 0 unspecified atom stereocenters. The van der Waals surface area contributed by atoms with Gasteiger partial charge in [-0.05, 0) is 63.4 Å². The maximum atomic E-state index is 2.32. The number of rotatable bonds is 3. The van der Waals surface area contributed by atoms with Crippen molar-refractivity contribution in [1.82, 2.24) is 4.57 Å². The highest BCUT2D eigenvalue weighted by Gasteiger charge is 2.09. The predicted molar refractivity (Wildman–Crippen MR) is 199 cm³/mol. The average molecular weight is 590 g/mol. The van der Waals surface area contributed by atoms with Crippen molar-refractivity contribution in [3.8, 4) is 0 Å². The third-order valence-corrected chi connectivity index (χ3v) is 6.28. The number of thiophene rings is 1. The van der Waals surface area contributed by atoms with Crippen LogP contribution in [0.15, 0.2) is 95.8 Å². The molecule has 0 bridgehead atoms. The Morgan fingerprint density at radius 1 is 0.595 bits per heavy atom. The summed E-state index contributed by atoms with van der Waals surface area (Å²) >= 11 is 1.71.